The summed E-state index contributed by atoms with van der Waals surface area (Å²) < 4.78 is 50.9. The lowest BCUT2D eigenvalue weighted by molar-refractivity contribution is 0.142. The van der Waals surface area contributed by atoms with E-state index < -0.39 is 18.5 Å². The lowest BCUT2D eigenvalue weighted by Gasteiger charge is -2.07. The Morgan fingerprint density at radius 3 is 2.47 bits per heavy atom. The smallest absolute Gasteiger partial charge is 0.212 e. The number of nitrogens with zero attached hydrogens (tertiary/aromatic N) is 3. The molecule has 90 valence electrons. The zero-order valence-electron chi connectivity index (χ0n) is 8.39. The van der Waals surface area contributed by atoms with Gasteiger partial charge < -0.3 is 0 Å². The topological polar surface area (TPSA) is 30.7 Å². The molecular formula is C10H7F4N3. The van der Waals surface area contributed by atoms with Crippen LogP contribution in [0.15, 0.2) is 30.5 Å². The number of rotatable bonds is 3. The molecule has 3 nitrogen and oxygen atoms in total. The summed E-state index contributed by atoms with van der Waals surface area (Å²) in [5, 5.41) is 6.79. The first-order chi connectivity index (χ1) is 8.09. The van der Waals surface area contributed by atoms with Gasteiger partial charge in [0.25, 0.3) is 12.9 Å². The number of hydrogen-bond donors (Lipinski definition) is 0. The molecule has 0 fully saturated rings. The highest BCUT2D eigenvalue weighted by Gasteiger charge is 2.16. The molecule has 0 aliphatic carbocycles. The summed E-state index contributed by atoms with van der Waals surface area (Å²) in [6.45, 7) is 0. The van der Waals surface area contributed by atoms with Crippen molar-refractivity contribution in [2.45, 2.75) is 12.9 Å². The van der Waals surface area contributed by atoms with E-state index in [0.29, 0.717) is 0 Å². The first-order valence-electron chi connectivity index (χ1n) is 4.67. The van der Waals surface area contributed by atoms with Crippen LogP contribution in [-0.4, -0.2) is 15.0 Å². The number of hydrogen-bond acceptors (Lipinski definition) is 2. The molecule has 2 aromatic rings. The lowest BCUT2D eigenvalue weighted by Crippen LogP contribution is -2.03. The van der Waals surface area contributed by atoms with E-state index in [1.807, 2.05) is 0 Å². The Bertz CT molecular complexity index is 510. The molecule has 0 unspecified atom stereocenters. The number of halogens is 4. The van der Waals surface area contributed by atoms with Crippen molar-refractivity contribution in [1.29, 1.82) is 0 Å². The fourth-order valence-electron chi connectivity index (χ4n) is 1.38. The van der Waals surface area contributed by atoms with Crippen molar-refractivity contribution in [2.75, 3.05) is 0 Å². The minimum atomic E-state index is -2.76. The Kier molecular flexibility index (Phi) is 3.08. The van der Waals surface area contributed by atoms with Crippen LogP contribution in [0.5, 0.6) is 0 Å². The van der Waals surface area contributed by atoms with E-state index in [1.54, 1.807) is 0 Å². The van der Waals surface area contributed by atoms with Crippen molar-refractivity contribution >= 4 is 0 Å². The highest BCUT2D eigenvalue weighted by Crippen LogP contribution is 2.24. The molecule has 0 saturated carbocycles. The maximum absolute atomic E-state index is 12.6. The van der Waals surface area contributed by atoms with Crippen LogP contribution in [0.4, 0.5) is 17.6 Å². The summed E-state index contributed by atoms with van der Waals surface area (Å²) in [6, 6.07) is 5.08. The second-order valence-corrected chi connectivity index (χ2v) is 3.27. The molecule has 7 heteroatoms. The van der Waals surface area contributed by atoms with Crippen molar-refractivity contribution < 1.29 is 17.6 Å². The fraction of sp³-hybridized carbons (Fsp3) is 0.200. The van der Waals surface area contributed by atoms with Crippen LogP contribution in [0.1, 0.15) is 24.1 Å². The second kappa shape index (κ2) is 4.52. The van der Waals surface area contributed by atoms with Gasteiger partial charge in [0.15, 0.2) is 0 Å². The summed E-state index contributed by atoms with van der Waals surface area (Å²) in [4.78, 5) is 0. The van der Waals surface area contributed by atoms with Gasteiger partial charge in [-0.15, -0.1) is 5.10 Å². The van der Waals surface area contributed by atoms with Crippen LogP contribution in [0, 0.1) is 0 Å². The van der Waals surface area contributed by atoms with Gasteiger partial charge >= 0.3 is 0 Å². The van der Waals surface area contributed by atoms with Crippen LogP contribution in [0.25, 0.3) is 5.69 Å². The van der Waals surface area contributed by atoms with Crippen LogP contribution in [0.2, 0.25) is 0 Å². The first kappa shape index (κ1) is 11.6. The maximum atomic E-state index is 12.6. The molecule has 0 spiro atoms. The van der Waals surface area contributed by atoms with Gasteiger partial charge in [-0.2, -0.15) is 0 Å². The summed E-state index contributed by atoms with van der Waals surface area (Å²) in [6.07, 6.45) is -4.52. The van der Waals surface area contributed by atoms with Crippen LogP contribution in [0.3, 0.4) is 0 Å². The lowest BCUT2D eigenvalue weighted by atomic mass is 10.2. The average Bonchev–Trinajstić information content (AvgIpc) is 2.78. The van der Waals surface area contributed by atoms with E-state index >= 15 is 0 Å². The summed E-state index contributed by atoms with van der Waals surface area (Å²) in [5.74, 6) is 0. The monoisotopic (exact) mass is 245 g/mol. The number of aromatic nitrogens is 3. The van der Waals surface area contributed by atoms with Gasteiger partial charge in [0.05, 0.1) is 11.9 Å². The predicted molar refractivity (Wildman–Crippen MR) is 51.3 cm³/mol. The Hall–Kier alpha value is -1.92. The molecular weight excluding hydrogens is 238 g/mol. The first-order valence-corrected chi connectivity index (χ1v) is 4.67. The van der Waals surface area contributed by atoms with Crippen LogP contribution in [-0.2, 0) is 0 Å². The highest BCUT2D eigenvalue weighted by molar-refractivity contribution is 5.36. The minimum absolute atomic E-state index is 0.135. The van der Waals surface area contributed by atoms with Gasteiger partial charge in [-0.3, -0.25) is 0 Å². The Morgan fingerprint density at radius 2 is 1.82 bits per heavy atom. The molecule has 0 N–H and O–H groups in total. The van der Waals surface area contributed by atoms with Crippen molar-refractivity contribution in [3.8, 4) is 5.69 Å². The van der Waals surface area contributed by atoms with Crippen LogP contribution >= 0.6 is 0 Å². The molecule has 0 radical (unpaired) electrons. The fourth-order valence-corrected chi connectivity index (χ4v) is 1.38. The van der Waals surface area contributed by atoms with E-state index in [-0.39, 0.29) is 11.3 Å². The number of benzene rings is 1. The van der Waals surface area contributed by atoms with Gasteiger partial charge in [0, 0.05) is 5.56 Å². The summed E-state index contributed by atoms with van der Waals surface area (Å²) >= 11 is 0. The van der Waals surface area contributed by atoms with Gasteiger partial charge in [-0.05, 0) is 12.1 Å². The SMILES string of the molecule is FC(F)c1cccc(-n2nncc2C(F)F)c1. The molecule has 0 aliphatic rings. The van der Waals surface area contributed by atoms with Gasteiger partial charge in [0.1, 0.15) is 5.69 Å². The normalized spacial score (nSPS) is 11.4. The average molecular weight is 245 g/mol. The van der Waals surface area contributed by atoms with Crippen LogP contribution < -0.4 is 0 Å². The van der Waals surface area contributed by atoms with E-state index in [0.717, 1.165) is 16.9 Å². The van der Waals surface area contributed by atoms with Gasteiger partial charge in [0.2, 0.25) is 0 Å². The van der Waals surface area contributed by atoms with Crippen molar-refractivity contribution in [3.63, 3.8) is 0 Å². The third-order valence-corrected chi connectivity index (χ3v) is 2.17. The van der Waals surface area contributed by atoms with E-state index in [1.165, 1.54) is 18.2 Å². The Labute approximate surface area is 93.7 Å². The molecule has 0 atom stereocenters. The number of alkyl halides is 4. The van der Waals surface area contributed by atoms with E-state index in [2.05, 4.69) is 10.3 Å². The zero-order chi connectivity index (χ0) is 12.4. The summed E-state index contributed by atoms with van der Waals surface area (Å²) in [5.41, 5.74) is -0.551. The van der Waals surface area contributed by atoms with E-state index in [4.69, 9.17) is 0 Å². The third kappa shape index (κ3) is 2.27. The molecule has 2 rings (SSSR count). The maximum Gasteiger partial charge on any atom is 0.282 e. The zero-order valence-corrected chi connectivity index (χ0v) is 8.39. The molecule has 0 aliphatic heterocycles. The van der Waals surface area contributed by atoms with E-state index in [9.17, 15) is 17.6 Å². The molecule has 1 heterocycles. The third-order valence-electron chi connectivity index (χ3n) is 2.17. The van der Waals surface area contributed by atoms with Gasteiger partial charge in [-0.1, -0.05) is 17.3 Å². The molecule has 1 aromatic heterocycles. The Morgan fingerprint density at radius 1 is 1.06 bits per heavy atom. The van der Waals surface area contributed by atoms with Crippen molar-refractivity contribution in [3.05, 3.63) is 41.7 Å². The summed E-state index contributed by atoms with van der Waals surface area (Å²) in [7, 11) is 0. The predicted octanol–water partition coefficient (Wildman–Crippen LogP) is 3.14. The van der Waals surface area contributed by atoms with Crippen molar-refractivity contribution in [1.82, 2.24) is 15.0 Å². The Balaban J connectivity index is 2.46. The molecule has 17 heavy (non-hydrogen) atoms. The molecule has 1 aromatic carbocycles. The molecule has 0 saturated heterocycles. The largest absolute Gasteiger partial charge is 0.282 e. The minimum Gasteiger partial charge on any atom is -0.212 e. The molecule has 0 bridgehead atoms. The second-order valence-electron chi connectivity index (χ2n) is 3.27. The highest BCUT2D eigenvalue weighted by atomic mass is 19.3. The molecule has 0 amide bonds. The standard InChI is InChI=1S/C10H7F4N3/c11-9(12)6-2-1-3-7(4-6)17-8(10(13)14)5-15-16-17/h1-5,9-10H. The van der Waals surface area contributed by atoms with Crippen molar-refractivity contribution in [2.24, 2.45) is 0 Å². The quantitative estimate of drug-likeness (QED) is 0.778. The van der Waals surface area contributed by atoms with Gasteiger partial charge in [-0.25, -0.2) is 22.2 Å².